The molecule has 0 unspecified atom stereocenters. The lowest BCUT2D eigenvalue weighted by Crippen LogP contribution is -2.45. The fraction of sp³-hybridized carbons (Fsp3) is 0.200. The van der Waals surface area contributed by atoms with Crippen LogP contribution in [0.25, 0.3) is 6.08 Å². The van der Waals surface area contributed by atoms with Gasteiger partial charge in [-0.2, -0.15) is 0 Å². The van der Waals surface area contributed by atoms with Crippen LogP contribution in [0.5, 0.6) is 17.2 Å². The summed E-state index contributed by atoms with van der Waals surface area (Å²) < 4.78 is 28.7. The number of thiocarbonyl (C=S) groups is 1. The van der Waals surface area contributed by atoms with Crippen molar-refractivity contribution in [2.24, 2.45) is 0 Å². The van der Waals surface area contributed by atoms with Crippen molar-refractivity contribution in [2.75, 3.05) is 21.3 Å². The quantitative estimate of drug-likeness (QED) is 0.362. The lowest BCUT2D eigenvalue weighted by molar-refractivity contribution is -0.116. The van der Waals surface area contributed by atoms with Crippen molar-refractivity contribution in [3.05, 3.63) is 59.4 Å². The van der Waals surface area contributed by atoms with Crippen LogP contribution >= 0.6 is 12.2 Å². The summed E-state index contributed by atoms with van der Waals surface area (Å²) in [4.78, 5) is 12.0. The Bertz CT molecular complexity index is 888. The molecule has 7 nitrogen and oxygen atoms in total. The van der Waals surface area contributed by atoms with E-state index < -0.39 is 5.91 Å². The second-order valence-electron chi connectivity index (χ2n) is 5.71. The first-order valence-electron chi connectivity index (χ1n) is 8.53. The Labute approximate surface area is 173 Å². The van der Waals surface area contributed by atoms with E-state index in [9.17, 15) is 9.18 Å². The van der Waals surface area contributed by atoms with Crippen LogP contribution in [0.15, 0.2) is 42.5 Å². The van der Waals surface area contributed by atoms with Crippen molar-refractivity contribution in [1.82, 2.24) is 16.2 Å². The smallest absolute Gasteiger partial charge is 0.262 e. The number of halogens is 1. The minimum atomic E-state index is -0.423. The van der Waals surface area contributed by atoms with E-state index in [4.69, 9.17) is 26.4 Å². The van der Waals surface area contributed by atoms with Gasteiger partial charge >= 0.3 is 0 Å². The maximum Gasteiger partial charge on any atom is 0.262 e. The lowest BCUT2D eigenvalue weighted by atomic mass is 10.1. The molecule has 0 radical (unpaired) electrons. The third-order valence-electron chi connectivity index (χ3n) is 3.82. The first-order valence-corrected chi connectivity index (χ1v) is 8.94. The predicted octanol–water partition coefficient (Wildman–Crippen LogP) is 2.56. The molecule has 29 heavy (non-hydrogen) atoms. The van der Waals surface area contributed by atoms with Crippen LogP contribution in [0, 0.1) is 5.82 Å². The van der Waals surface area contributed by atoms with Crippen molar-refractivity contribution in [1.29, 1.82) is 0 Å². The van der Waals surface area contributed by atoms with E-state index >= 15 is 0 Å². The number of carbonyl (C=O) groups is 1. The zero-order valence-corrected chi connectivity index (χ0v) is 17.1. The lowest BCUT2D eigenvalue weighted by Gasteiger charge is -2.12. The van der Waals surface area contributed by atoms with Crippen molar-refractivity contribution >= 4 is 29.3 Å². The number of benzene rings is 2. The molecular weight excluding hydrogens is 397 g/mol. The van der Waals surface area contributed by atoms with Gasteiger partial charge in [-0.15, -0.1) is 0 Å². The number of hydrogen-bond acceptors (Lipinski definition) is 5. The molecule has 0 heterocycles. The third-order valence-corrected chi connectivity index (χ3v) is 4.06. The molecule has 0 spiro atoms. The average Bonchev–Trinajstić information content (AvgIpc) is 2.75. The van der Waals surface area contributed by atoms with E-state index in [0.29, 0.717) is 29.4 Å². The molecule has 0 bridgehead atoms. The summed E-state index contributed by atoms with van der Waals surface area (Å²) in [7, 11) is 4.57. The molecular formula is C20H22FN3O4S. The molecule has 3 N–H and O–H groups in total. The maximum absolute atomic E-state index is 12.9. The molecule has 0 saturated carbocycles. The highest BCUT2D eigenvalue weighted by Gasteiger charge is 2.10. The molecule has 2 rings (SSSR count). The first-order chi connectivity index (χ1) is 14.0. The van der Waals surface area contributed by atoms with E-state index in [1.807, 2.05) is 0 Å². The van der Waals surface area contributed by atoms with Gasteiger partial charge in [-0.25, -0.2) is 4.39 Å². The van der Waals surface area contributed by atoms with Crippen LogP contribution in [0.3, 0.4) is 0 Å². The van der Waals surface area contributed by atoms with Crippen LogP contribution in [0.2, 0.25) is 0 Å². The minimum absolute atomic E-state index is 0.222. The molecule has 0 aromatic heterocycles. The van der Waals surface area contributed by atoms with E-state index in [-0.39, 0.29) is 10.9 Å². The third kappa shape index (κ3) is 6.65. The Kier molecular flexibility index (Phi) is 8.23. The molecule has 2 aromatic rings. The van der Waals surface area contributed by atoms with Crippen LogP contribution < -0.4 is 30.4 Å². The van der Waals surface area contributed by atoms with Gasteiger partial charge < -0.3 is 19.5 Å². The predicted molar refractivity (Wildman–Crippen MR) is 112 cm³/mol. The molecule has 2 aromatic carbocycles. The highest BCUT2D eigenvalue weighted by atomic mass is 32.1. The van der Waals surface area contributed by atoms with E-state index in [1.165, 1.54) is 39.5 Å². The monoisotopic (exact) mass is 419 g/mol. The fourth-order valence-corrected chi connectivity index (χ4v) is 2.46. The molecule has 0 atom stereocenters. The number of methoxy groups -OCH3 is 3. The van der Waals surface area contributed by atoms with Gasteiger partial charge in [0.1, 0.15) is 11.6 Å². The molecule has 0 saturated heterocycles. The van der Waals surface area contributed by atoms with Gasteiger partial charge in [0.25, 0.3) is 5.91 Å². The van der Waals surface area contributed by atoms with Gasteiger partial charge in [-0.1, -0.05) is 12.1 Å². The summed E-state index contributed by atoms with van der Waals surface area (Å²) in [6.07, 6.45) is 2.89. The molecule has 0 aliphatic carbocycles. The van der Waals surface area contributed by atoms with Crippen LogP contribution in [0.4, 0.5) is 4.39 Å². The van der Waals surface area contributed by atoms with Crippen molar-refractivity contribution in [3.63, 3.8) is 0 Å². The van der Waals surface area contributed by atoms with Gasteiger partial charge in [-0.3, -0.25) is 15.6 Å². The standard InChI is InChI=1S/C20H22FN3O4S/c1-26-16-11-18(28-3)17(27-2)10-14(16)6-9-19(25)23-24-20(29)22-12-13-4-7-15(21)8-5-13/h4-11H,12H2,1-3H3,(H,23,25)(H2,22,24,29)/b9-6+. The van der Waals surface area contributed by atoms with Gasteiger partial charge in [0, 0.05) is 24.3 Å². The van der Waals surface area contributed by atoms with E-state index in [1.54, 1.807) is 30.3 Å². The Morgan fingerprint density at radius 1 is 1.00 bits per heavy atom. The fourth-order valence-electron chi connectivity index (χ4n) is 2.34. The molecule has 1 amide bonds. The molecule has 0 fully saturated rings. The number of hydrogen-bond donors (Lipinski definition) is 3. The number of hydrazine groups is 1. The second-order valence-corrected chi connectivity index (χ2v) is 6.11. The summed E-state index contributed by atoms with van der Waals surface area (Å²) >= 11 is 5.09. The van der Waals surface area contributed by atoms with Crippen LogP contribution in [-0.4, -0.2) is 32.3 Å². The van der Waals surface area contributed by atoms with E-state index in [0.717, 1.165) is 5.56 Å². The van der Waals surface area contributed by atoms with Crippen molar-refractivity contribution in [2.45, 2.75) is 6.54 Å². The first kappa shape index (κ1) is 22.0. The highest BCUT2D eigenvalue weighted by molar-refractivity contribution is 7.80. The summed E-state index contributed by atoms with van der Waals surface area (Å²) in [5.41, 5.74) is 6.53. The number of rotatable bonds is 7. The highest BCUT2D eigenvalue weighted by Crippen LogP contribution is 2.35. The zero-order valence-electron chi connectivity index (χ0n) is 16.2. The van der Waals surface area contributed by atoms with Crippen LogP contribution in [-0.2, 0) is 11.3 Å². The van der Waals surface area contributed by atoms with Crippen LogP contribution in [0.1, 0.15) is 11.1 Å². The van der Waals surface area contributed by atoms with Gasteiger partial charge in [0.2, 0.25) is 0 Å². The summed E-state index contributed by atoms with van der Waals surface area (Å²) in [6.45, 7) is 0.390. The second kappa shape index (κ2) is 10.9. The number of carbonyl (C=O) groups excluding carboxylic acids is 1. The Morgan fingerprint density at radius 3 is 2.24 bits per heavy atom. The normalized spacial score (nSPS) is 10.3. The van der Waals surface area contributed by atoms with Crippen molar-refractivity contribution in [3.8, 4) is 17.2 Å². The molecule has 9 heteroatoms. The number of ether oxygens (including phenoxy) is 3. The molecule has 0 aliphatic rings. The molecule has 0 aliphatic heterocycles. The maximum atomic E-state index is 12.9. The van der Waals surface area contributed by atoms with Gasteiger partial charge in [0.05, 0.1) is 21.3 Å². The summed E-state index contributed by atoms with van der Waals surface area (Å²) in [6, 6.07) is 9.38. The Hall–Kier alpha value is -3.33. The van der Waals surface area contributed by atoms with Gasteiger partial charge in [-0.05, 0) is 42.1 Å². The minimum Gasteiger partial charge on any atom is -0.496 e. The Balaban J connectivity index is 1.89. The number of nitrogens with one attached hydrogen (secondary N) is 3. The van der Waals surface area contributed by atoms with E-state index in [2.05, 4.69) is 16.2 Å². The topological polar surface area (TPSA) is 80.9 Å². The SMILES string of the molecule is COc1cc(OC)c(OC)cc1/C=C/C(=O)NNC(=S)NCc1ccc(F)cc1. The average molecular weight is 419 g/mol. The van der Waals surface area contributed by atoms with Crippen molar-refractivity contribution < 1.29 is 23.4 Å². The summed E-state index contributed by atoms with van der Waals surface area (Å²) in [5.74, 6) is 0.825. The molecule has 154 valence electrons. The zero-order chi connectivity index (χ0) is 21.2. The number of amides is 1. The Morgan fingerprint density at radius 2 is 1.62 bits per heavy atom. The summed E-state index contributed by atoms with van der Waals surface area (Å²) in [5, 5.41) is 3.12. The largest absolute Gasteiger partial charge is 0.496 e. The van der Waals surface area contributed by atoms with Gasteiger partial charge in [0.15, 0.2) is 16.6 Å².